The van der Waals surface area contributed by atoms with Crippen molar-refractivity contribution in [3.63, 3.8) is 0 Å². The number of hydrogen-bond acceptors (Lipinski definition) is 7. The molecular formula is C21H28Cl2FN3O5. The minimum Gasteiger partial charge on any atom is -0.459 e. The van der Waals surface area contributed by atoms with E-state index >= 15 is 0 Å². The van der Waals surface area contributed by atoms with Crippen molar-refractivity contribution in [3.8, 4) is 0 Å². The largest absolute Gasteiger partial charge is 0.459 e. The number of ether oxygens (including phenoxy) is 1. The lowest BCUT2D eigenvalue weighted by molar-refractivity contribution is -0.0209. The number of carbonyl (C=O) groups excluding carboxylic acids is 1. The number of carbonyl (C=O) groups is 1. The van der Waals surface area contributed by atoms with Crippen molar-refractivity contribution < 1.29 is 28.6 Å². The quantitative estimate of drug-likeness (QED) is 0.560. The summed E-state index contributed by atoms with van der Waals surface area (Å²) in [5, 5.41) is 23.1. The highest BCUT2D eigenvalue weighted by molar-refractivity contribution is 5.91. The molecule has 178 valence electrons. The first-order valence-electron chi connectivity index (χ1n) is 10.1. The molecule has 1 amide bonds. The maximum absolute atomic E-state index is 13.2. The lowest BCUT2D eigenvalue weighted by atomic mass is 10.0. The van der Waals surface area contributed by atoms with Crippen LogP contribution < -0.4 is 10.2 Å². The SMILES string of the molecule is Cl.Cl.O=C(NC[C@H]1O[C@@H](CO)[C@@H](O)[C@H]1N1CCN(c2ccc(F)cc2)CC1)c1ccco1. The third kappa shape index (κ3) is 5.72. The summed E-state index contributed by atoms with van der Waals surface area (Å²) < 4.78 is 24.1. The third-order valence-corrected chi connectivity index (χ3v) is 5.78. The molecule has 0 spiro atoms. The molecular weight excluding hydrogens is 464 g/mol. The maximum atomic E-state index is 13.2. The molecule has 2 aliphatic rings. The lowest BCUT2D eigenvalue weighted by Gasteiger charge is -2.41. The van der Waals surface area contributed by atoms with Crippen LogP contribution in [0.25, 0.3) is 0 Å². The van der Waals surface area contributed by atoms with Gasteiger partial charge in [-0.2, -0.15) is 0 Å². The highest BCUT2D eigenvalue weighted by Crippen LogP contribution is 2.27. The molecule has 0 radical (unpaired) electrons. The van der Waals surface area contributed by atoms with E-state index in [-0.39, 0.29) is 61.5 Å². The van der Waals surface area contributed by atoms with E-state index in [1.807, 2.05) is 0 Å². The fourth-order valence-electron chi connectivity index (χ4n) is 4.21. The first-order valence-corrected chi connectivity index (χ1v) is 10.1. The topological polar surface area (TPSA) is 98.4 Å². The van der Waals surface area contributed by atoms with Gasteiger partial charge in [-0.1, -0.05) is 0 Å². The Hall–Kier alpha value is -1.88. The molecule has 2 saturated heterocycles. The van der Waals surface area contributed by atoms with Crippen LogP contribution in [0.5, 0.6) is 0 Å². The molecule has 32 heavy (non-hydrogen) atoms. The highest BCUT2D eigenvalue weighted by Gasteiger charge is 2.46. The van der Waals surface area contributed by atoms with Gasteiger partial charge in [-0.05, 0) is 36.4 Å². The smallest absolute Gasteiger partial charge is 0.287 e. The van der Waals surface area contributed by atoms with Crippen LogP contribution in [0.2, 0.25) is 0 Å². The van der Waals surface area contributed by atoms with Gasteiger partial charge in [0.1, 0.15) is 18.0 Å². The third-order valence-electron chi connectivity index (χ3n) is 5.78. The molecule has 4 atom stereocenters. The Morgan fingerprint density at radius 1 is 1.09 bits per heavy atom. The Labute approximate surface area is 198 Å². The number of aliphatic hydroxyl groups is 2. The first kappa shape index (κ1) is 26.4. The zero-order valence-electron chi connectivity index (χ0n) is 17.3. The van der Waals surface area contributed by atoms with Crippen molar-refractivity contribution in [2.45, 2.75) is 24.4 Å². The second kappa shape index (κ2) is 11.8. The maximum Gasteiger partial charge on any atom is 0.287 e. The van der Waals surface area contributed by atoms with Crippen LogP contribution in [0, 0.1) is 5.82 Å². The van der Waals surface area contributed by atoms with Gasteiger partial charge in [0, 0.05) is 38.4 Å². The van der Waals surface area contributed by atoms with Gasteiger partial charge >= 0.3 is 0 Å². The molecule has 0 unspecified atom stereocenters. The number of anilines is 1. The van der Waals surface area contributed by atoms with Crippen LogP contribution >= 0.6 is 24.8 Å². The number of nitrogens with one attached hydrogen (secondary N) is 1. The van der Waals surface area contributed by atoms with Gasteiger partial charge in [0.15, 0.2) is 5.76 Å². The number of nitrogens with zero attached hydrogens (tertiary/aromatic N) is 2. The molecule has 4 rings (SSSR count). The van der Waals surface area contributed by atoms with Gasteiger partial charge in [0.2, 0.25) is 0 Å². The monoisotopic (exact) mass is 491 g/mol. The Balaban J connectivity index is 0.00000181. The number of furan rings is 1. The predicted molar refractivity (Wildman–Crippen MR) is 121 cm³/mol. The van der Waals surface area contributed by atoms with E-state index in [4.69, 9.17) is 9.15 Å². The van der Waals surface area contributed by atoms with Crippen molar-refractivity contribution in [1.82, 2.24) is 10.2 Å². The molecule has 3 N–H and O–H groups in total. The van der Waals surface area contributed by atoms with Crippen molar-refractivity contribution >= 4 is 36.4 Å². The van der Waals surface area contributed by atoms with E-state index in [2.05, 4.69) is 15.1 Å². The Morgan fingerprint density at radius 2 is 1.78 bits per heavy atom. The summed E-state index contributed by atoms with van der Waals surface area (Å²) in [6, 6.07) is 9.26. The fraction of sp³-hybridized carbons (Fsp3) is 0.476. The number of piperazine rings is 1. The van der Waals surface area contributed by atoms with Gasteiger partial charge in [-0.25, -0.2) is 4.39 Å². The summed E-state index contributed by atoms with van der Waals surface area (Å²) in [5.74, 6) is -0.416. The highest BCUT2D eigenvalue weighted by atomic mass is 35.5. The van der Waals surface area contributed by atoms with Crippen molar-refractivity contribution in [2.24, 2.45) is 0 Å². The van der Waals surface area contributed by atoms with Gasteiger partial charge in [-0.3, -0.25) is 9.69 Å². The number of benzene rings is 1. The number of aliphatic hydroxyl groups excluding tert-OH is 2. The molecule has 0 aliphatic carbocycles. The summed E-state index contributed by atoms with van der Waals surface area (Å²) in [5.41, 5.74) is 0.953. The summed E-state index contributed by atoms with van der Waals surface area (Å²) in [4.78, 5) is 16.5. The second-order valence-corrected chi connectivity index (χ2v) is 7.56. The van der Waals surface area contributed by atoms with Crippen LogP contribution in [0.4, 0.5) is 10.1 Å². The summed E-state index contributed by atoms with van der Waals surface area (Å²) in [6.45, 7) is 2.66. The van der Waals surface area contributed by atoms with Crippen molar-refractivity contribution in [2.75, 3.05) is 44.2 Å². The number of halogens is 3. The molecule has 1 aromatic heterocycles. The molecule has 3 heterocycles. The van der Waals surface area contributed by atoms with Crippen LogP contribution in [0.3, 0.4) is 0 Å². The molecule has 2 aliphatic heterocycles. The van der Waals surface area contributed by atoms with E-state index in [1.54, 1.807) is 24.3 Å². The minimum absolute atomic E-state index is 0. The predicted octanol–water partition coefficient (Wildman–Crippen LogP) is 1.30. The van der Waals surface area contributed by atoms with Gasteiger partial charge < -0.3 is 29.6 Å². The van der Waals surface area contributed by atoms with E-state index in [1.165, 1.54) is 18.4 Å². The van der Waals surface area contributed by atoms with E-state index in [0.717, 1.165) is 5.69 Å². The zero-order chi connectivity index (χ0) is 21.1. The molecule has 0 bridgehead atoms. The van der Waals surface area contributed by atoms with Crippen LogP contribution in [0.15, 0.2) is 47.1 Å². The standard InChI is InChI=1S/C21H26FN3O5.2ClH/c22-14-3-5-15(6-4-14)24-7-9-25(10-8-24)19-17(30-18(13-26)20(19)27)12-23-21(28)16-2-1-11-29-16;;/h1-6,11,17-20,26-27H,7-10,12-13H2,(H,23,28);2*1H/t17-,18+,19+,20-;;/m1../s1. The Kier molecular flexibility index (Phi) is 9.75. The van der Waals surface area contributed by atoms with Crippen LogP contribution in [-0.4, -0.2) is 84.7 Å². The van der Waals surface area contributed by atoms with Crippen LogP contribution in [-0.2, 0) is 4.74 Å². The summed E-state index contributed by atoms with van der Waals surface area (Å²) >= 11 is 0. The number of rotatable bonds is 6. The van der Waals surface area contributed by atoms with Crippen molar-refractivity contribution in [3.05, 3.63) is 54.2 Å². The average Bonchev–Trinajstić information content (AvgIpc) is 3.41. The fourth-order valence-corrected chi connectivity index (χ4v) is 4.21. The number of hydrogen-bond donors (Lipinski definition) is 3. The molecule has 2 aromatic rings. The molecule has 1 aromatic carbocycles. The van der Waals surface area contributed by atoms with Gasteiger partial charge in [0.25, 0.3) is 5.91 Å². The molecule has 11 heteroatoms. The van der Waals surface area contributed by atoms with E-state index < -0.39 is 18.3 Å². The lowest BCUT2D eigenvalue weighted by Crippen LogP contribution is -2.57. The molecule has 2 fully saturated rings. The minimum atomic E-state index is -0.863. The van der Waals surface area contributed by atoms with Gasteiger partial charge in [-0.15, -0.1) is 24.8 Å². The summed E-state index contributed by atoms with van der Waals surface area (Å²) in [6.07, 6.45) is -0.599. The average molecular weight is 492 g/mol. The Bertz CT molecular complexity index is 834. The van der Waals surface area contributed by atoms with E-state index in [0.29, 0.717) is 26.2 Å². The molecule has 0 saturated carbocycles. The summed E-state index contributed by atoms with van der Waals surface area (Å²) in [7, 11) is 0. The second-order valence-electron chi connectivity index (χ2n) is 7.56. The van der Waals surface area contributed by atoms with Gasteiger partial charge in [0.05, 0.1) is 25.0 Å². The normalized spacial score (nSPS) is 25.7. The first-order chi connectivity index (χ1) is 14.6. The molecule has 8 nitrogen and oxygen atoms in total. The Morgan fingerprint density at radius 3 is 2.38 bits per heavy atom. The number of amides is 1. The van der Waals surface area contributed by atoms with Crippen molar-refractivity contribution in [1.29, 1.82) is 0 Å². The zero-order valence-corrected chi connectivity index (χ0v) is 18.9. The van der Waals surface area contributed by atoms with Crippen LogP contribution in [0.1, 0.15) is 10.6 Å². The van der Waals surface area contributed by atoms with E-state index in [9.17, 15) is 19.4 Å².